The van der Waals surface area contributed by atoms with Crippen molar-refractivity contribution in [2.75, 3.05) is 11.8 Å². The van der Waals surface area contributed by atoms with Crippen LogP contribution in [-0.2, 0) is 11.8 Å². The molecule has 0 amide bonds. The normalized spacial score (nSPS) is 11.7. The van der Waals surface area contributed by atoms with Crippen molar-refractivity contribution in [2.24, 2.45) is 0 Å². The van der Waals surface area contributed by atoms with E-state index in [2.05, 4.69) is 0 Å². The Morgan fingerprint density at radius 2 is 1.48 bits per heavy atom. The van der Waals surface area contributed by atoms with E-state index in [9.17, 15) is 8.78 Å². The van der Waals surface area contributed by atoms with Crippen molar-refractivity contribution in [3.63, 3.8) is 0 Å². The molecule has 0 saturated carbocycles. The summed E-state index contributed by atoms with van der Waals surface area (Å²) in [6.07, 6.45) is 0.509. The van der Waals surface area contributed by atoms with Crippen LogP contribution in [0.5, 0.6) is 0 Å². The number of halogens is 4. The van der Waals surface area contributed by atoms with Gasteiger partial charge in [-0.1, -0.05) is 18.2 Å². The van der Waals surface area contributed by atoms with Crippen LogP contribution in [0.1, 0.15) is 16.7 Å². The largest absolute Gasteiger partial charge is 0.207 e. The number of benzene rings is 2. The highest BCUT2D eigenvalue weighted by molar-refractivity contribution is 6.22. The Balaban J connectivity index is 2.42. The molecule has 0 aromatic heterocycles. The van der Waals surface area contributed by atoms with Gasteiger partial charge in [-0.3, -0.25) is 0 Å². The molecule has 0 N–H and O–H groups in total. The first kappa shape index (κ1) is 16.3. The van der Waals surface area contributed by atoms with Gasteiger partial charge < -0.3 is 0 Å². The molecule has 0 spiro atoms. The van der Waals surface area contributed by atoms with E-state index in [-0.39, 0.29) is 23.4 Å². The zero-order valence-corrected chi connectivity index (χ0v) is 13.2. The van der Waals surface area contributed by atoms with Gasteiger partial charge in [0.15, 0.2) is 0 Å². The Morgan fingerprint density at radius 3 is 2.05 bits per heavy atom. The van der Waals surface area contributed by atoms with Crippen LogP contribution in [0.4, 0.5) is 8.78 Å². The zero-order chi connectivity index (χ0) is 15.5. The van der Waals surface area contributed by atoms with Crippen LogP contribution < -0.4 is 0 Å². The van der Waals surface area contributed by atoms with E-state index in [1.54, 1.807) is 18.2 Å². The molecular formula is C17H16Cl2F2. The lowest BCUT2D eigenvalue weighted by atomic mass is 9.78. The van der Waals surface area contributed by atoms with Crippen LogP contribution >= 0.6 is 23.2 Å². The third-order valence-corrected chi connectivity index (χ3v) is 4.83. The molecular weight excluding hydrogens is 313 g/mol. The highest BCUT2D eigenvalue weighted by Crippen LogP contribution is 2.33. The van der Waals surface area contributed by atoms with Crippen LogP contribution in [0.15, 0.2) is 42.5 Å². The average Bonchev–Trinajstić information content (AvgIpc) is 2.49. The topological polar surface area (TPSA) is 0 Å². The molecule has 2 rings (SSSR count). The maximum absolute atomic E-state index is 13.5. The fourth-order valence-corrected chi connectivity index (χ4v) is 3.17. The molecule has 2 aromatic rings. The smallest absolute Gasteiger partial charge is 0.123 e. The minimum Gasteiger partial charge on any atom is -0.207 e. The summed E-state index contributed by atoms with van der Waals surface area (Å²) in [6.45, 7) is 1.92. The second-order valence-corrected chi connectivity index (χ2v) is 5.84. The van der Waals surface area contributed by atoms with E-state index < -0.39 is 5.41 Å². The molecule has 0 fully saturated rings. The van der Waals surface area contributed by atoms with Crippen molar-refractivity contribution in [1.29, 1.82) is 0 Å². The summed E-state index contributed by atoms with van der Waals surface area (Å²) < 4.78 is 26.6. The molecule has 0 atom stereocenters. The number of aryl methyl sites for hydroxylation is 1. The highest BCUT2D eigenvalue weighted by Gasteiger charge is 2.31. The molecule has 0 aliphatic carbocycles. The Hall–Kier alpha value is -1.12. The van der Waals surface area contributed by atoms with Gasteiger partial charge in [0.2, 0.25) is 0 Å². The summed E-state index contributed by atoms with van der Waals surface area (Å²) >= 11 is 12.3. The number of alkyl halides is 2. The molecule has 0 saturated heterocycles. The van der Waals surface area contributed by atoms with Gasteiger partial charge in [0.1, 0.15) is 11.6 Å². The minimum atomic E-state index is -0.546. The van der Waals surface area contributed by atoms with Crippen molar-refractivity contribution < 1.29 is 8.78 Å². The second-order valence-electron chi connectivity index (χ2n) is 5.30. The molecule has 0 unspecified atom stereocenters. The van der Waals surface area contributed by atoms with E-state index in [0.29, 0.717) is 6.42 Å². The van der Waals surface area contributed by atoms with Crippen molar-refractivity contribution >= 4 is 23.2 Å². The summed E-state index contributed by atoms with van der Waals surface area (Å²) in [4.78, 5) is 0. The molecule has 4 heteroatoms. The van der Waals surface area contributed by atoms with Crippen LogP contribution in [0.2, 0.25) is 0 Å². The van der Waals surface area contributed by atoms with Gasteiger partial charge in [-0.2, -0.15) is 0 Å². The standard InChI is InChI=1S/C17H16Cl2F2/c1-12-2-5-16(21)8-13(12)9-17(10-18,11-19)14-3-6-15(20)7-4-14/h2-8H,9-11H2,1H3. The lowest BCUT2D eigenvalue weighted by Crippen LogP contribution is -2.33. The Morgan fingerprint density at radius 1 is 0.905 bits per heavy atom. The number of hydrogen-bond donors (Lipinski definition) is 0. The lowest BCUT2D eigenvalue weighted by Gasteiger charge is -2.31. The Kier molecular flexibility index (Phi) is 5.23. The van der Waals surface area contributed by atoms with Gasteiger partial charge in [-0.25, -0.2) is 8.78 Å². The van der Waals surface area contributed by atoms with Crippen molar-refractivity contribution in [1.82, 2.24) is 0 Å². The molecule has 112 valence electrons. The van der Waals surface area contributed by atoms with Crippen molar-refractivity contribution in [3.05, 3.63) is 70.8 Å². The SMILES string of the molecule is Cc1ccc(F)cc1CC(CCl)(CCl)c1ccc(F)cc1. The van der Waals surface area contributed by atoms with Crippen molar-refractivity contribution in [2.45, 2.75) is 18.8 Å². The third kappa shape index (κ3) is 3.56. The van der Waals surface area contributed by atoms with Crippen LogP contribution in [0.3, 0.4) is 0 Å². The van der Waals surface area contributed by atoms with Gasteiger partial charge in [0, 0.05) is 17.2 Å². The molecule has 0 bridgehead atoms. The Bertz CT molecular complexity index is 605. The van der Waals surface area contributed by atoms with Crippen LogP contribution in [-0.4, -0.2) is 11.8 Å². The van der Waals surface area contributed by atoms with E-state index in [1.165, 1.54) is 24.3 Å². The highest BCUT2D eigenvalue weighted by atomic mass is 35.5. The van der Waals surface area contributed by atoms with Gasteiger partial charge in [0.25, 0.3) is 0 Å². The summed E-state index contributed by atoms with van der Waals surface area (Å²) in [6, 6.07) is 10.8. The number of hydrogen-bond acceptors (Lipinski definition) is 0. The van der Waals surface area contributed by atoms with E-state index in [4.69, 9.17) is 23.2 Å². The quantitative estimate of drug-likeness (QED) is 0.659. The molecule has 0 radical (unpaired) electrons. The molecule has 2 aromatic carbocycles. The first-order valence-corrected chi connectivity index (χ1v) is 7.71. The molecule has 0 aliphatic rings. The first-order chi connectivity index (χ1) is 10.0. The summed E-state index contributed by atoms with van der Waals surface area (Å²) in [5.74, 6) is -0.0395. The number of rotatable bonds is 5. The molecule has 0 heterocycles. The van der Waals surface area contributed by atoms with E-state index in [1.807, 2.05) is 6.92 Å². The third-order valence-electron chi connectivity index (χ3n) is 3.81. The fourth-order valence-electron chi connectivity index (χ4n) is 2.39. The van der Waals surface area contributed by atoms with E-state index >= 15 is 0 Å². The summed E-state index contributed by atoms with van der Waals surface area (Å²) in [5, 5.41) is 0. The van der Waals surface area contributed by atoms with Crippen LogP contribution in [0, 0.1) is 18.6 Å². The lowest BCUT2D eigenvalue weighted by molar-refractivity contribution is 0.529. The zero-order valence-electron chi connectivity index (χ0n) is 11.7. The maximum atomic E-state index is 13.5. The van der Waals surface area contributed by atoms with Gasteiger partial charge in [-0.15, -0.1) is 23.2 Å². The van der Waals surface area contributed by atoms with Crippen LogP contribution in [0.25, 0.3) is 0 Å². The second kappa shape index (κ2) is 6.76. The van der Waals surface area contributed by atoms with E-state index in [0.717, 1.165) is 16.7 Å². The Labute approximate surface area is 133 Å². The molecule has 21 heavy (non-hydrogen) atoms. The summed E-state index contributed by atoms with van der Waals surface area (Å²) in [5.41, 5.74) is 2.16. The van der Waals surface area contributed by atoms with Crippen molar-refractivity contribution in [3.8, 4) is 0 Å². The molecule has 0 nitrogen and oxygen atoms in total. The van der Waals surface area contributed by atoms with Gasteiger partial charge in [-0.05, 0) is 54.3 Å². The van der Waals surface area contributed by atoms with Gasteiger partial charge in [0.05, 0.1) is 0 Å². The maximum Gasteiger partial charge on any atom is 0.123 e. The average molecular weight is 329 g/mol. The predicted molar refractivity (Wildman–Crippen MR) is 84.4 cm³/mol. The fraction of sp³-hybridized carbons (Fsp3) is 0.294. The molecule has 0 aliphatic heterocycles. The van der Waals surface area contributed by atoms with Gasteiger partial charge >= 0.3 is 0 Å². The minimum absolute atomic E-state index is 0.276. The predicted octanol–water partition coefficient (Wildman–Crippen LogP) is 5.23. The first-order valence-electron chi connectivity index (χ1n) is 6.64. The summed E-state index contributed by atoms with van der Waals surface area (Å²) in [7, 11) is 0. The monoisotopic (exact) mass is 328 g/mol.